The minimum atomic E-state index is -0.568. The molecule has 1 nitrogen and oxygen atoms in total. The van der Waals surface area contributed by atoms with Gasteiger partial charge in [-0.3, -0.25) is 0 Å². The van der Waals surface area contributed by atoms with E-state index in [9.17, 15) is 0 Å². The molecule has 12 rings (SSSR count). The van der Waals surface area contributed by atoms with E-state index in [0.717, 1.165) is 29.9 Å². The van der Waals surface area contributed by atoms with Gasteiger partial charge >= 0.3 is 0 Å². The summed E-state index contributed by atoms with van der Waals surface area (Å²) in [6.45, 7) is 9.83. The Kier molecular flexibility index (Phi) is 9.30. The first-order valence-corrected chi connectivity index (χ1v) is 23.6. The lowest BCUT2D eigenvalue weighted by Crippen LogP contribution is -2.34. The lowest BCUT2D eigenvalue weighted by Gasteiger charge is -2.43. The van der Waals surface area contributed by atoms with Gasteiger partial charge in [-0.05, 0) is 143 Å². The van der Waals surface area contributed by atoms with Gasteiger partial charge in [0.1, 0.15) is 0 Å². The molecule has 0 saturated heterocycles. The van der Waals surface area contributed by atoms with Crippen molar-refractivity contribution in [3.63, 3.8) is 0 Å². The van der Waals surface area contributed by atoms with Crippen molar-refractivity contribution in [3.05, 3.63) is 258 Å². The van der Waals surface area contributed by atoms with Crippen molar-refractivity contribution in [2.24, 2.45) is 0 Å². The molecule has 0 amide bonds. The fourth-order valence-electron chi connectivity index (χ4n) is 11.8. The van der Waals surface area contributed by atoms with Crippen LogP contribution in [0.1, 0.15) is 73.9 Å². The molecule has 0 spiro atoms. The number of rotatable bonds is 7. The number of anilines is 3. The Labute approximate surface area is 389 Å². The minimum absolute atomic E-state index is 0.0303. The van der Waals surface area contributed by atoms with Crippen LogP contribution < -0.4 is 4.90 Å². The highest BCUT2D eigenvalue weighted by atomic mass is 15.1. The molecular formula is C65H53N. The van der Waals surface area contributed by atoms with Gasteiger partial charge < -0.3 is 4.90 Å². The van der Waals surface area contributed by atoms with Crippen LogP contribution in [0.5, 0.6) is 0 Å². The third kappa shape index (κ3) is 6.21. The van der Waals surface area contributed by atoms with Crippen molar-refractivity contribution in [1.82, 2.24) is 0 Å². The maximum Gasteiger partial charge on any atom is 0.0714 e. The van der Waals surface area contributed by atoms with Crippen molar-refractivity contribution >= 4 is 38.6 Å². The standard InChI is InChI=1S/C65H53N/c1-63(2)39-40-64(3,4)62-54(28-18-30-59(62)63)57-42-56-53-27-16-17-29-58(53)65(48-22-10-6-11-23-48,49-24-12-7-13-25-49)60(56)43-61(57)66(50-36-33-45(34-37-50)44-19-8-5-9-20-44)51-38-35-47-32-31-46-21-14-15-26-52(46)55(47)41-51/h5-38,41-43H,39-40H2,1-4H3. The van der Waals surface area contributed by atoms with Crippen LogP contribution in [0.4, 0.5) is 17.1 Å². The molecular weight excluding hydrogens is 795 g/mol. The van der Waals surface area contributed by atoms with E-state index in [0.29, 0.717) is 0 Å². The van der Waals surface area contributed by atoms with Crippen LogP contribution in [0.3, 0.4) is 0 Å². The second-order valence-electron chi connectivity index (χ2n) is 19.9. The number of hydrogen-bond acceptors (Lipinski definition) is 1. The summed E-state index contributed by atoms with van der Waals surface area (Å²) in [5.74, 6) is 0. The third-order valence-electron chi connectivity index (χ3n) is 15.2. The van der Waals surface area contributed by atoms with Crippen LogP contribution in [0.25, 0.3) is 54.9 Å². The molecule has 0 aliphatic heterocycles. The van der Waals surface area contributed by atoms with E-state index in [1.807, 2.05) is 0 Å². The van der Waals surface area contributed by atoms with Crippen LogP contribution in [0.2, 0.25) is 0 Å². The zero-order chi connectivity index (χ0) is 44.6. The smallest absolute Gasteiger partial charge is 0.0714 e. The molecule has 10 aromatic carbocycles. The summed E-state index contributed by atoms with van der Waals surface area (Å²) in [4.78, 5) is 2.57. The highest BCUT2D eigenvalue weighted by Crippen LogP contribution is 2.60. The molecule has 10 aromatic rings. The van der Waals surface area contributed by atoms with Gasteiger partial charge in [0.2, 0.25) is 0 Å². The molecule has 0 fully saturated rings. The maximum absolute atomic E-state index is 2.59. The normalized spacial score (nSPS) is 15.2. The Balaban J connectivity index is 1.23. The monoisotopic (exact) mass is 847 g/mol. The first-order valence-electron chi connectivity index (χ1n) is 23.6. The second-order valence-corrected chi connectivity index (χ2v) is 19.9. The average Bonchev–Trinajstić information content (AvgIpc) is 3.66. The predicted molar refractivity (Wildman–Crippen MR) is 280 cm³/mol. The average molecular weight is 848 g/mol. The molecule has 0 heterocycles. The van der Waals surface area contributed by atoms with Crippen molar-refractivity contribution in [3.8, 4) is 33.4 Å². The molecule has 0 bridgehead atoms. The van der Waals surface area contributed by atoms with Gasteiger partial charge in [-0.25, -0.2) is 0 Å². The Bertz CT molecular complexity index is 3410. The van der Waals surface area contributed by atoms with E-state index in [2.05, 4.69) is 257 Å². The van der Waals surface area contributed by atoms with Crippen LogP contribution in [0.15, 0.2) is 224 Å². The SMILES string of the molecule is CC1(C)CCC(C)(C)c2c(-c3cc4c(cc3N(c3ccc(-c5ccccc5)cc3)c3ccc5ccc6ccccc6c5c3)C(c3ccccc3)(c3ccccc3)c3ccccc3-4)cccc21. The van der Waals surface area contributed by atoms with E-state index in [1.54, 1.807) is 0 Å². The molecule has 0 saturated carbocycles. The van der Waals surface area contributed by atoms with Crippen molar-refractivity contribution in [1.29, 1.82) is 0 Å². The van der Waals surface area contributed by atoms with E-state index >= 15 is 0 Å². The quantitative estimate of drug-likeness (QED) is 0.144. The van der Waals surface area contributed by atoms with Gasteiger partial charge in [0.15, 0.2) is 0 Å². The number of benzene rings is 10. The summed E-state index contributed by atoms with van der Waals surface area (Å²) in [5.41, 5.74) is 18.4. The van der Waals surface area contributed by atoms with E-state index in [-0.39, 0.29) is 10.8 Å². The van der Waals surface area contributed by atoms with Gasteiger partial charge in [0, 0.05) is 16.9 Å². The first-order chi connectivity index (χ1) is 32.2. The molecule has 318 valence electrons. The van der Waals surface area contributed by atoms with Crippen LogP contribution in [-0.4, -0.2) is 0 Å². The van der Waals surface area contributed by atoms with Gasteiger partial charge in [0.05, 0.1) is 11.1 Å². The van der Waals surface area contributed by atoms with Gasteiger partial charge in [-0.15, -0.1) is 0 Å². The second kappa shape index (κ2) is 15.3. The molecule has 0 unspecified atom stereocenters. The summed E-state index contributed by atoms with van der Waals surface area (Å²) in [7, 11) is 0. The topological polar surface area (TPSA) is 3.24 Å². The summed E-state index contributed by atoms with van der Waals surface area (Å²) < 4.78 is 0. The van der Waals surface area contributed by atoms with E-state index in [1.165, 1.54) is 88.3 Å². The van der Waals surface area contributed by atoms with Crippen LogP contribution in [0, 0.1) is 0 Å². The lowest BCUT2D eigenvalue weighted by atomic mass is 9.61. The van der Waals surface area contributed by atoms with Crippen LogP contribution in [-0.2, 0) is 16.2 Å². The molecule has 66 heavy (non-hydrogen) atoms. The number of nitrogens with zero attached hydrogens (tertiary/aromatic N) is 1. The van der Waals surface area contributed by atoms with E-state index in [4.69, 9.17) is 0 Å². The fraction of sp³-hybridized carbons (Fsp3) is 0.138. The largest absolute Gasteiger partial charge is 0.310 e. The Hall–Kier alpha value is -7.48. The number of hydrogen-bond donors (Lipinski definition) is 0. The molecule has 0 aromatic heterocycles. The van der Waals surface area contributed by atoms with Crippen molar-refractivity contribution < 1.29 is 0 Å². The van der Waals surface area contributed by atoms with Gasteiger partial charge in [-0.2, -0.15) is 0 Å². The Morgan fingerprint density at radius 3 is 1.62 bits per heavy atom. The Morgan fingerprint density at radius 2 is 0.894 bits per heavy atom. The molecule has 0 radical (unpaired) electrons. The summed E-state index contributed by atoms with van der Waals surface area (Å²) in [6, 6.07) is 84.3. The molecule has 1 heteroatoms. The predicted octanol–water partition coefficient (Wildman–Crippen LogP) is 17.5. The van der Waals surface area contributed by atoms with Crippen molar-refractivity contribution in [2.75, 3.05) is 4.90 Å². The molecule has 0 N–H and O–H groups in total. The van der Waals surface area contributed by atoms with Crippen molar-refractivity contribution in [2.45, 2.75) is 56.8 Å². The zero-order valence-corrected chi connectivity index (χ0v) is 38.2. The Morgan fingerprint density at radius 1 is 0.348 bits per heavy atom. The highest BCUT2D eigenvalue weighted by Gasteiger charge is 2.47. The summed E-state index contributed by atoms with van der Waals surface area (Å²) in [5, 5.41) is 4.98. The van der Waals surface area contributed by atoms with Gasteiger partial charge in [-0.1, -0.05) is 216 Å². The highest BCUT2D eigenvalue weighted by molar-refractivity contribution is 6.09. The van der Waals surface area contributed by atoms with E-state index < -0.39 is 5.41 Å². The zero-order valence-electron chi connectivity index (χ0n) is 38.2. The number of fused-ring (bicyclic) bond motifs is 7. The third-order valence-corrected chi connectivity index (χ3v) is 15.2. The van der Waals surface area contributed by atoms with Crippen LogP contribution >= 0.6 is 0 Å². The molecule has 0 atom stereocenters. The molecule has 2 aliphatic rings. The van der Waals surface area contributed by atoms with Gasteiger partial charge in [0.25, 0.3) is 0 Å². The lowest BCUT2D eigenvalue weighted by molar-refractivity contribution is 0.333. The summed E-state index contributed by atoms with van der Waals surface area (Å²) in [6.07, 6.45) is 2.28. The summed E-state index contributed by atoms with van der Waals surface area (Å²) >= 11 is 0. The maximum atomic E-state index is 2.59. The minimum Gasteiger partial charge on any atom is -0.310 e. The first kappa shape index (κ1) is 40.1. The molecule has 2 aliphatic carbocycles. The fourth-order valence-corrected chi connectivity index (χ4v) is 11.8.